The second-order valence-electron chi connectivity index (χ2n) is 11.3. The van der Waals surface area contributed by atoms with E-state index in [-0.39, 0.29) is 17.9 Å². The minimum absolute atomic E-state index is 0.0192. The molecule has 0 bridgehead atoms. The van der Waals surface area contributed by atoms with E-state index in [0.29, 0.717) is 36.6 Å². The molecule has 0 aromatic heterocycles. The summed E-state index contributed by atoms with van der Waals surface area (Å²) in [4.78, 5) is 42.9. The molecule has 2 aliphatic heterocycles. The lowest BCUT2D eigenvalue weighted by molar-refractivity contribution is -0.137. The second-order valence-corrected chi connectivity index (χ2v) is 13.5. The summed E-state index contributed by atoms with van der Waals surface area (Å²) in [6, 6.07) is 10.1. The highest BCUT2D eigenvalue weighted by molar-refractivity contribution is 8.01. The zero-order chi connectivity index (χ0) is 28.3. The summed E-state index contributed by atoms with van der Waals surface area (Å²) in [6.07, 6.45) is 7.37. The summed E-state index contributed by atoms with van der Waals surface area (Å²) in [5.41, 5.74) is 1.26. The smallest absolute Gasteiger partial charge is 0.411 e. The molecule has 1 aliphatic carbocycles. The zero-order valence-corrected chi connectivity index (χ0v) is 25.5. The SMILES string of the molecule is CC(C)OC(=O)N1[CH]CSC1C(=O)N[C@@H](CSCC1CCCCC1)C(=O)N1CCC(NCc2ccccc2)CC1. The summed E-state index contributed by atoms with van der Waals surface area (Å²) < 4.78 is 5.33. The molecule has 3 aliphatic rings. The normalized spacial score (nSPS) is 21.4. The van der Waals surface area contributed by atoms with Crippen LogP contribution in [0.4, 0.5) is 4.79 Å². The highest BCUT2D eigenvalue weighted by atomic mass is 32.2. The number of benzene rings is 1. The van der Waals surface area contributed by atoms with Crippen LogP contribution in [0.2, 0.25) is 0 Å². The summed E-state index contributed by atoms with van der Waals surface area (Å²) in [6.45, 7) is 7.43. The average Bonchev–Trinajstić information content (AvgIpc) is 3.47. The number of nitrogens with one attached hydrogen (secondary N) is 2. The maximum Gasteiger partial charge on any atom is 0.411 e. The van der Waals surface area contributed by atoms with Crippen LogP contribution >= 0.6 is 23.5 Å². The second kappa shape index (κ2) is 15.9. The topological polar surface area (TPSA) is 91.0 Å². The molecule has 2 atom stereocenters. The fraction of sp³-hybridized carbons (Fsp3) is 0.667. The molecule has 2 heterocycles. The average molecular weight is 590 g/mol. The summed E-state index contributed by atoms with van der Waals surface area (Å²) in [7, 11) is 0. The first-order chi connectivity index (χ1) is 19.4. The van der Waals surface area contributed by atoms with Crippen LogP contribution in [-0.4, -0.2) is 81.6 Å². The van der Waals surface area contributed by atoms with Crippen LogP contribution in [0, 0.1) is 12.5 Å². The molecule has 8 nitrogen and oxygen atoms in total. The van der Waals surface area contributed by atoms with E-state index >= 15 is 0 Å². The van der Waals surface area contributed by atoms with E-state index in [2.05, 4.69) is 22.8 Å². The van der Waals surface area contributed by atoms with Crippen molar-refractivity contribution in [1.29, 1.82) is 0 Å². The molecule has 2 saturated heterocycles. The number of ether oxygens (including phenoxy) is 1. The first kappa shape index (κ1) is 31.0. The minimum Gasteiger partial charge on any atom is -0.447 e. The van der Waals surface area contributed by atoms with Crippen LogP contribution in [0.3, 0.4) is 0 Å². The lowest BCUT2D eigenvalue weighted by Crippen LogP contribution is -2.56. The van der Waals surface area contributed by atoms with E-state index in [0.717, 1.165) is 25.1 Å². The Balaban J connectivity index is 1.33. The Morgan fingerprint density at radius 2 is 1.77 bits per heavy atom. The van der Waals surface area contributed by atoms with Crippen LogP contribution in [0.25, 0.3) is 0 Å². The number of hydrogen-bond acceptors (Lipinski definition) is 7. The summed E-state index contributed by atoms with van der Waals surface area (Å²) in [5, 5.41) is 5.94. The minimum atomic E-state index is -0.724. The van der Waals surface area contributed by atoms with Gasteiger partial charge in [-0.15, -0.1) is 11.8 Å². The van der Waals surface area contributed by atoms with E-state index in [1.165, 1.54) is 54.3 Å². The molecule has 1 radical (unpaired) electrons. The summed E-state index contributed by atoms with van der Waals surface area (Å²) >= 11 is 3.14. The molecule has 10 heteroatoms. The Hall–Kier alpha value is -1.91. The number of rotatable bonds is 11. The Kier molecular flexibility index (Phi) is 12.4. The van der Waals surface area contributed by atoms with Crippen molar-refractivity contribution in [3.63, 3.8) is 0 Å². The molecule has 221 valence electrons. The van der Waals surface area contributed by atoms with Gasteiger partial charge in [-0.3, -0.25) is 14.5 Å². The van der Waals surface area contributed by atoms with Crippen molar-refractivity contribution < 1.29 is 19.1 Å². The lowest BCUT2D eigenvalue weighted by atomic mass is 9.91. The van der Waals surface area contributed by atoms with E-state index in [9.17, 15) is 14.4 Å². The fourth-order valence-electron chi connectivity index (χ4n) is 5.53. The first-order valence-electron chi connectivity index (χ1n) is 14.8. The van der Waals surface area contributed by atoms with Crippen LogP contribution in [0.5, 0.6) is 0 Å². The van der Waals surface area contributed by atoms with E-state index in [1.54, 1.807) is 32.2 Å². The van der Waals surface area contributed by atoms with Crippen LogP contribution in [-0.2, 0) is 20.9 Å². The van der Waals surface area contributed by atoms with Gasteiger partial charge in [-0.2, -0.15) is 11.8 Å². The third kappa shape index (κ3) is 9.31. The maximum atomic E-state index is 13.7. The predicted octanol–water partition coefficient (Wildman–Crippen LogP) is 4.65. The number of carbonyl (C=O) groups excluding carboxylic acids is 3. The monoisotopic (exact) mass is 589 g/mol. The van der Waals surface area contributed by atoms with Gasteiger partial charge in [-0.05, 0) is 56.8 Å². The van der Waals surface area contributed by atoms with Crippen LogP contribution in [0.15, 0.2) is 30.3 Å². The molecular formula is C30H45N4O4S2. The molecule has 4 rings (SSSR count). The van der Waals surface area contributed by atoms with Crippen molar-refractivity contribution in [1.82, 2.24) is 20.4 Å². The highest BCUT2D eigenvalue weighted by Crippen LogP contribution is 2.29. The van der Waals surface area contributed by atoms with Gasteiger partial charge in [0, 0.05) is 37.2 Å². The summed E-state index contributed by atoms with van der Waals surface area (Å²) in [5.74, 6) is 2.47. The Labute approximate surface area is 248 Å². The fourth-order valence-corrected chi connectivity index (χ4v) is 7.78. The number of piperidine rings is 1. The standard InChI is InChI=1S/C30H45N4O4S2/c1-22(2)38-30(37)34-17-18-40-29(34)27(35)32-26(21-39-20-24-11-7-4-8-12-24)28(36)33-15-13-25(14-16-33)31-19-23-9-5-3-6-10-23/h3,5-6,9-10,17,22,24-26,29,31H,4,7-8,11-16,18-21H2,1-2H3,(H,32,35)/t26-,29?/m0/s1. The Bertz CT molecular complexity index is 952. The third-order valence-electron chi connectivity index (χ3n) is 7.77. The molecule has 1 unspecified atom stereocenters. The highest BCUT2D eigenvalue weighted by Gasteiger charge is 2.39. The number of amides is 3. The molecule has 40 heavy (non-hydrogen) atoms. The quantitative estimate of drug-likeness (QED) is 0.388. The van der Waals surface area contributed by atoms with Crippen molar-refractivity contribution in [3.05, 3.63) is 42.4 Å². The van der Waals surface area contributed by atoms with Gasteiger partial charge >= 0.3 is 6.09 Å². The van der Waals surface area contributed by atoms with Gasteiger partial charge in [0.25, 0.3) is 5.91 Å². The van der Waals surface area contributed by atoms with E-state index in [1.807, 2.05) is 23.1 Å². The van der Waals surface area contributed by atoms with Gasteiger partial charge in [-0.25, -0.2) is 4.79 Å². The van der Waals surface area contributed by atoms with Gasteiger partial charge < -0.3 is 20.3 Å². The molecule has 3 amide bonds. The van der Waals surface area contributed by atoms with Gasteiger partial charge in [-0.1, -0.05) is 49.6 Å². The first-order valence-corrected chi connectivity index (χ1v) is 17.0. The Morgan fingerprint density at radius 3 is 2.48 bits per heavy atom. The van der Waals surface area contributed by atoms with Crippen molar-refractivity contribution in [3.8, 4) is 0 Å². The van der Waals surface area contributed by atoms with Crippen molar-refractivity contribution in [2.45, 2.75) is 88.9 Å². The number of likely N-dealkylation sites (tertiary alicyclic amines) is 1. The molecule has 1 aromatic rings. The Morgan fingerprint density at radius 1 is 1.05 bits per heavy atom. The third-order valence-corrected chi connectivity index (χ3v) is 10.1. The molecular weight excluding hydrogens is 544 g/mol. The maximum absolute atomic E-state index is 13.7. The van der Waals surface area contributed by atoms with E-state index in [4.69, 9.17) is 4.74 Å². The molecule has 3 fully saturated rings. The van der Waals surface area contributed by atoms with Gasteiger partial charge in [0.05, 0.1) is 12.6 Å². The largest absolute Gasteiger partial charge is 0.447 e. The number of hydrogen-bond donors (Lipinski definition) is 2. The molecule has 1 saturated carbocycles. The lowest BCUT2D eigenvalue weighted by Gasteiger charge is -2.35. The van der Waals surface area contributed by atoms with Gasteiger partial charge in [0.2, 0.25) is 5.91 Å². The van der Waals surface area contributed by atoms with Crippen molar-refractivity contribution in [2.24, 2.45) is 5.92 Å². The van der Waals surface area contributed by atoms with Crippen LogP contribution < -0.4 is 10.6 Å². The van der Waals surface area contributed by atoms with Crippen LogP contribution in [0.1, 0.15) is 64.4 Å². The zero-order valence-electron chi connectivity index (χ0n) is 23.9. The molecule has 0 spiro atoms. The number of carbonyl (C=O) groups is 3. The van der Waals surface area contributed by atoms with Crippen molar-refractivity contribution in [2.75, 3.05) is 30.3 Å². The van der Waals surface area contributed by atoms with Crippen molar-refractivity contribution >= 4 is 41.4 Å². The number of nitrogens with zero attached hydrogens (tertiary/aromatic N) is 2. The predicted molar refractivity (Wildman–Crippen MR) is 163 cm³/mol. The molecule has 2 N–H and O–H groups in total. The van der Waals surface area contributed by atoms with Gasteiger partial charge in [0.1, 0.15) is 6.04 Å². The molecule has 1 aromatic carbocycles. The van der Waals surface area contributed by atoms with E-state index < -0.39 is 17.5 Å². The van der Waals surface area contributed by atoms with Gasteiger partial charge in [0.15, 0.2) is 5.37 Å². The number of thioether (sulfide) groups is 2.